The summed E-state index contributed by atoms with van der Waals surface area (Å²) in [5.41, 5.74) is 0.383. The molecule has 1 rings (SSSR count). The minimum atomic E-state index is 0.383. The first-order valence-corrected chi connectivity index (χ1v) is 7.34. The van der Waals surface area contributed by atoms with E-state index >= 15 is 0 Å². The van der Waals surface area contributed by atoms with Crippen LogP contribution in [-0.2, 0) is 0 Å². The zero-order valence-corrected chi connectivity index (χ0v) is 12.4. The van der Waals surface area contributed by atoms with Gasteiger partial charge in [0, 0.05) is 30.1 Å². The van der Waals surface area contributed by atoms with E-state index in [4.69, 9.17) is 0 Å². The SMILES string of the molecule is CNCC(C)(C)CN1CCSC(C)(C)CC1. The third-order valence-electron chi connectivity index (χ3n) is 3.24. The van der Waals surface area contributed by atoms with Crippen molar-refractivity contribution in [3.05, 3.63) is 0 Å². The fourth-order valence-electron chi connectivity index (χ4n) is 2.36. The second-order valence-corrected chi connectivity index (χ2v) is 8.13. The van der Waals surface area contributed by atoms with Crippen molar-refractivity contribution in [3.63, 3.8) is 0 Å². The zero-order chi connectivity index (χ0) is 12.2. The Morgan fingerprint density at radius 3 is 2.62 bits per heavy atom. The molecule has 1 fully saturated rings. The normalized spacial score (nSPS) is 23.1. The van der Waals surface area contributed by atoms with Gasteiger partial charge >= 0.3 is 0 Å². The van der Waals surface area contributed by atoms with Gasteiger partial charge in [-0.05, 0) is 25.4 Å². The molecule has 0 aromatic rings. The quantitative estimate of drug-likeness (QED) is 0.818. The van der Waals surface area contributed by atoms with Crippen molar-refractivity contribution in [2.75, 3.05) is 39.0 Å². The highest BCUT2D eigenvalue weighted by Gasteiger charge is 2.27. The predicted octanol–water partition coefficient (Wildman–Crippen LogP) is 2.45. The third-order valence-corrected chi connectivity index (χ3v) is 4.61. The van der Waals surface area contributed by atoms with Gasteiger partial charge in [0.25, 0.3) is 0 Å². The van der Waals surface area contributed by atoms with Gasteiger partial charge in [-0.1, -0.05) is 27.7 Å². The number of thioether (sulfide) groups is 1. The van der Waals surface area contributed by atoms with Crippen LogP contribution in [0.5, 0.6) is 0 Å². The van der Waals surface area contributed by atoms with Crippen molar-refractivity contribution in [3.8, 4) is 0 Å². The molecular formula is C13H28N2S. The Morgan fingerprint density at radius 2 is 2.00 bits per heavy atom. The molecule has 1 N–H and O–H groups in total. The van der Waals surface area contributed by atoms with Crippen LogP contribution in [0, 0.1) is 5.41 Å². The fourth-order valence-corrected chi connectivity index (χ4v) is 3.50. The molecule has 0 bridgehead atoms. The Kier molecular flexibility index (Phi) is 5.14. The van der Waals surface area contributed by atoms with Crippen LogP contribution in [0.3, 0.4) is 0 Å². The summed E-state index contributed by atoms with van der Waals surface area (Å²) in [5.74, 6) is 1.28. The van der Waals surface area contributed by atoms with Gasteiger partial charge in [0.2, 0.25) is 0 Å². The summed E-state index contributed by atoms with van der Waals surface area (Å²) < 4.78 is 0.474. The maximum absolute atomic E-state index is 3.30. The van der Waals surface area contributed by atoms with Gasteiger partial charge in [-0.25, -0.2) is 0 Å². The van der Waals surface area contributed by atoms with E-state index < -0.39 is 0 Å². The van der Waals surface area contributed by atoms with E-state index in [-0.39, 0.29) is 0 Å². The monoisotopic (exact) mass is 244 g/mol. The molecule has 0 aromatic heterocycles. The third kappa shape index (κ3) is 5.07. The lowest BCUT2D eigenvalue weighted by Gasteiger charge is -2.32. The molecule has 3 heteroatoms. The Hall–Kier alpha value is 0.270. The molecule has 0 amide bonds. The summed E-state index contributed by atoms with van der Waals surface area (Å²) in [5, 5.41) is 3.30. The maximum Gasteiger partial charge on any atom is 0.0116 e. The fraction of sp³-hybridized carbons (Fsp3) is 1.00. The largest absolute Gasteiger partial charge is 0.319 e. The molecule has 0 unspecified atom stereocenters. The number of hydrogen-bond acceptors (Lipinski definition) is 3. The maximum atomic E-state index is 3.30. The van der Waals surface area contributed by atoms with E-state index in [1.807, 2.05) is 7.05 Å². The Balaban J connectivity index is 2.43. The number of nitrogens with one attached hydrogen (secondary N) is 1. The summed E-state index contributed by atoms with van der Waals surface area (Å²) in [6.07, 6.45) is 1.31. The lowest BCUT2D eigenvalue weighted by molar-refractivity contribution is 0.182. The molecule has 16 heavy (non-hydrogen) atoms. The molecule has 1 aliphatic rings. The van der Waals surface area contributed by atoms with Gasteiger partial charge in [-0.15, -0.1) is 0 Å². The molecule has 1 saturated heterocycles. The molecule has 0 spiro atoms. The smallest absolute Gasteiger partial charge is 0.0116 e. The second kappa shape index (κ2) is 5.74. The van der Waals surface area contributed by atoms with E-state index in [0.29, 0.717) is 10.2 Å². The highest BCUT2D eigenvalue weighted by atomic mass is 32.2. The summed E-state index contributed by atoms with van der Waals surface area (Å²) >= 11 is 2.13. The van der Waals surface area contributed by atoms with E-state index in [2.05, 4.69) is 49.7 Å². The first kappa shape index (κ1) is 14.3. The lowest BCUT2D eigenvalue weighted by Crippen LogP contribution is -2.40. The van der Waals surface area contributed by atoms with Crippen molar-refractivity contribution in [2.24, 2.45) is 5.41 Å². The Morgan fingerprint density at radius 1 is 1.31 bits per heavy atom. The van der Waals surface area contributed by atoms with Gasteiger partial charge < -0.3 is 10.2 Å². The van der Waals surface area contributed by atoms with Gasteiger partial charge in [0.05, 0.1) is 0 Å². The van der Waals surface area contributed by atoms with Crippen LogP contribution in [0.4, 0.5) is 0 Å². The van der Waals surface area contributed by atoms with Crippen molar-refractivity contribution in [1.82, 2.24) is 10.2 Å². The highest BCUT2D eigenvalue weighted by molar-refractivity contribution is 8.00. The minimum absolute atomic E-state index is 0.383. The molecule has 0 aliphatic carbocycles. The van der Waals surface area contributed by atoms with Crippen LogP contribution in [0.25, 0.3) is 0 Å². The Labute approximate surface area is 106 Å². The van der Waals surface area contributed by atoms with Crippen molar-refractivity contribution in [1.29, 1.82) is 0 Å². The lowest BCUT2D eigenvalue weighted by atomic mass is 9.92. The predicted molar refractivity (Wildman–Crippen MR) is 75.3 cm³/mol. The van der Waals surface area contributed by atoms with E-state index in [1.54, 1.807) is 0 Å². The summed E-state index contributed by atoms with van der Waals surface area (Å²) in [4.78, 5) is 2.64. The number of nitrogens with zero attached hydrogens (tertiary/aromatic N) is 1. The average molecular weight is 244 g/mol. The molecule has 0 atom stereocenters. The molecule has 1 aliphatic heterocycles. The summed E-state index contributed by atoms with van der Waals surface area (Å²) in [6, 6.07) is 0. The van der Waals surface area contributed by atoms with Gasteiger partial charge in [-0.2, -0.15) is 11.8 Å². The van der Waals surface area contributed by atoms with Crippen LogP contribution in [-0.4, -0.2) is 48.6 Å². The van der Waals surface area contributed by atoms with Crippen LogP contribution in [0.1, 0.15) is 34.1 Å². The van der Waals surface area contributed by atoms with E-state index in [9.17, 15) is 0 Å². The van der Waals surface area contributed by atoms with Crippen LogP contribution in [0.2, 0.25) is 0 Å². The van der Waals surface area contributed by atoms with Crippen molar-refractivity contribution < 1.29 is 0 Å². The highest BCUT2D eigenvalue weighted by Crippen LogP contribution is 2.31. The summed E-state index contributed by atoms with van der Waals surface area (Å²) in [7, 11) is 2.04. The molecular weight excluding hydrogens is 216 g/mol. The molecule has 0 aromatic carbocycles. The second-order valence-electron chi connectivity index (χ2n) is 6.33. The topological polar surface area (TPSA) is 15.3 Å². The molecule has 1 heterocycles. The van der Waals surface area contributed by atoms with Crippen LogP contribution in [0.15, 0.2) is 0 Å². The first-order chi connectivity index (χ1) is 7.35. The minimum Gasteiger partial charge on any atom is -0.319 e. The molecule has 0 radical (unpaired) electrons. The van der Waals surface area contributed by atoms with Crippen LogP contribution >= 0.6 is 11.8 Å². The van der Waals surface area contributed by atoms with E-state index in [0.717, 1.165) is 6.54 Å². The Bertz CT molecular complexity index is 214. The van der Waals surface area contributed by atoms with Gasteiger partial charge in [-0.3, -0.25) is 0 Å². The zero-order valence-electron chi connectivity index (χ0n) is 11.6. The summed E-state index contributed by atoms with van der Waals surface area (Å²) in [6.45, 7) is 14.3. The number of hydrogen-bond donors (Lipinski definition) is 1. The van der Waals surface area contributed by atoms with Gasteiger partial charge in [0.15, 0.2) is 0 Å². The number of rotatable bonds is 4. The molecule has 96 valence electrons. The van der Waals surface area contributed by atoms with Gasteiger partial charge in [0.1, 0.15) is 0 Å². The average Bonchev–Trinajstić information content (AvgIpc) is 2.27. The van der Waals surface area contributed by atoms with Crippen molar-refractivity contribution >= 4 is 11.8 Å². The standard InChI is InChI=1S/C13H28N2S/c1-12(2,10-14-5)11-15-7-6-13(3,4)16-9-8-15/h14H,6-11H2,1-5H3. The first-order valence-electron chi connectivity index (χ1n) is 6.36. The molecule has 2 nitrogen and oxygen atoms in total. The molecule has 0 saturated carbocycles. The van der Waals surface area contributed by atoms with Crippen LogP contribution < -0.4 is 5.32 Å². The van der Waals surface area contributed by atoms with Crippen molar-refractivity contribution in [2.45, 2.75) is 38.9 Å². The van der Waals surface area contributed by atoms with E-state index in [1.165, 1.54) is 31.8 Å².